The molecule has 0 aromatic carbocycles. The van der Waals surface area contributed by atoms with Gasteiger partial charge in [0.25, 0.3) is 0 Å². The average Bonchev–Trinajstić information content (AvgIpc) is 2.13. The fourth-order valence-electron chi connectivity index (χ4n) is 1.84. The van der Waals surface area contributed by atoms with Gasteiger partial charge >= 0.3 is 5.97 Å². The first kappa shape index (κ1) is 10.3. The Balaban J connectivity index is 2.34. The Labute approximate surface area is 90.7 Å². The van der Waals surface area contributed by atoms with Gasteiger partial charge in [-0.05, 0) is 24.4 Å². The van der Waals surface area contributed by atoms with Crippen LogP contribution in [0.1, 0.15) is 18.4 Å². The van der Waals surface area contributed by atoms with Crippen molar-refractivity contribution >= 4 is 17.6 Å². The Bertz CT molecular complexity index is 387. The summed E-state index contributed by atoms with van der Waals surface area (Å²) in [5, 5.41) is 18.4. The number of nitrogens with zero attached hydrogens (tertiary/aromatic N) is 2. The summed E-state index contributed by atoms with van der Waals surface area (Å²) in [6, 6.07) is 0. The van der Waals surface area contributed by atoms with Gasteiger partial charge in [-0.2, -0.15) is 0 Å². The molecule has 0 radical (unpaired) electrons. The number of aromatic nitrogens is 2. The van der Waals surface area contributed by atoms with Gasteiger partial charge in [0.2, 0.25) is 5.28 Å². The minimum atomic E-state index is -1.04. The summed E-state index contributed by atoms with van der Waals surface area (Å²) in [6.45, 7) is 0. The molecule has 1 fully saturated rings. The molecule has 2 rings (SSSR count). The zero-order chi connectivity index (χ0) is 11.1. The summed E-state index contributed by atoms with van der Waals surface area (Å²) in [4.78, 5) is 18.6. The number of carboxylic acid groups (broad SMARTS) is 1. The topological polar surface area (TPSA) is 83.3 Å². The second-order valence-electron chi connectivity index (χ2n) is 3.69. The first-order valence-corrected chi connectivity index (χ1v) is 4.82. The molecule has 1 saturated carbocycles. The van der Waals surface area contributed by atoms with E-state index in [2.05, 4.69) is 9.97 Å². The van der Waals surface area contributed by atoms with E-state index < -0.39 is 17.5 Å². The Morgan fingerprint density at radius 1 is 1.47 bits per heavy atom. The van der Waals surface area contributed by atoms with E-state index in [1.54, 1.807) is 0 Å². The van der Waals surface area contributed by atoms with Crippen molar-refractivity contribution in [1.82, 2.24) is 9.97 Å². The van der Waals surface area contributed by atoms with Gasteiger partial charge in [-0.1, -0.05) is 0 Å². The number of aliphatic hydroxyl groups excluding tert-OH is 1. The molecule has 80 valence electrons. The highest BCUT2D eigenvalue weighted by Crippen LogP contribution is 2.43. The number of rotatable bonds is 2. The van der Waals surface area contributed by atoms with Crippen LogP contribution in [0.15, 0.2) is 12.4 Å². The van der Waals surface area contributed by atoms with Crippen LogP contribution in [0.2, 0.25) is 5.28 Å². The molecule has 0 bridgehead atoms. The molecule has 1 aromatic rings. The monoisotopic (exact) mass is 228 g/mol. The van der Waals surface area contributed by atoms with E-state index in [0.29, 0.717) is 5.56 Å². The predicted octanol–water partition coefficient (Wildman–Crippen LogP) is 0.607. The number of carboxylic acids is 1. The maximum absolute atomic E-state index is 11.1. The van der Waals surface area contributed by atoms with Crippen molar-refractivity contribution in [2.24, 2.45) is 0 Å². The van der Waals surface area contributed by atoms with Gasteiger partial charge in [0.1, 0.15) is 5.41 Å². The fraction of sp³-hybridized carbons (Fsp3) is 0.444. The first-order valence-electron chi connectivity index (χ1n) is 4.44. The Morgan fingerprint density at radius 3 is 2.40 bits per heavy atom. The smallest absolute Gasteiger partial charge is 0.314 e. The lowest BCUT2D eigenvalue weighted by atomic mass is 9.63. The number of aliphatic hydroxyl groups is 1. The van der Waals surface area contributed by atoms with Gasteiger partial charge in [-0.15, -0.1) is 0 Å². The molecule has 0 aliphatic heterocycles. The van der Waals surface area contributed by atoms with Crippen molar-refractivity contribution in [3.8, 4) is 0 Å². The number of carbonyl (C=O) groups is 1. The summed E-state index contributed by atoms with van der Waals surface area (Å²) in [5.74, 6) is -0.960. The fourth-order valence-corrected chi connectivity index (χ4v) is 1.94. The zero-order valence-electron chi connectivity index (χ0n) is 7.72. The summed E-state index contributed by atoms with van der Waals surface area (Å²) in [7, 11) is 0. The van der Waals surface area contributed by atoms with Crippen LogP contribution in [0.5, 0.6) is 0 Å². The maximum atomic E-state index is 11.1. The van der Waals surface area contributed by atoms with Crippen molar-refractivity contribution in [3.05, 3.63) is 23.2 Å². The molecule has 1 aliphatic rings. The van der Waals surface area contributed by atoms with Crippen LogP contribution in [-0.2, 0) is 10.2 Å². The van der Waals surface area contributed by atoms with Gasteiger partial charge in [-0.3, -0.25) is 4.79 Å². The molecule has 15 heavy (non-hydrogen) atoms. The van der Waals surface area contributed by atoms with E-state index in [1.165, 1.54) is 12.4 Å². The minimum absolute atomic E-state index is 0.0826. The second kappa shape index (κ2) is 3.43. The van der Waals surface area contributed by atoms with Gasteiger partial charge in [0.15, 0.2) is 0 Å². The molecule has 0 atom stereocenters. The van der Waals surface area contributed by atoms with E-state index in [0.717, 1.165) is 0 Å². The molecule has 1 aromatic heterocycles. The van der Waals surface area contributed by atoms with Gasteiger partial charge in [0, 0.05) is 18.0 Å². The third kappa shape index (κ3) is 1.57. The molecule has 0 saturated heterocycles. The van der Waals surface area contributed by atoms with Crippen molar-refractivity contribution < 1.29 is 15.0 Å². The van der Waals surface area contributed by atoms with E-state index in [9.17, 15) is 9.90 Å². The molecule has 1 heterocycles. The summed E-state index contributed by atoms with van der Waals surface area (Å²) in [6.07, 6.45) is 2.64. The van der Waals surface area contributed by atoms with E-state index in [1.807, 2.05) is 0 Å². The molecule has 0 amide bonds. The third-order valence-electron chi connectivity index (χ3n) is 2.75. The molecule has 1 aliphatic carbocycles. The lowest BCUT2D eigenvalue weighted by Gasteiger charge is -2.41. The van der Waals surface area contributed by atoms with Gasteiger partial charge in [-0.25, -0.2) is 9.97 Å². The van der Waals surface area contributed by atoms with Crippen LogP contribution in [0.4, 0.5) is 0 Å². The summed E-state index contributed by atoms with van der Waals surface area (Å²) >= 11 is 5.51. The zero-order valence-corrected chi connectivity index (χ0v) is 8.48. The summed E-state index contributed by atoms with van der Waals surface area (Å²) in [5.41, 5.74) is -0.547. The largest absolute Gasteiger partial charge is 0.481 e. The molecular formula is C9H9ClN2O3. The van der Waals surface area contributed by atoms with Crippen molar-refractivity contribution in [3.63, 3.8) is 0 Å². The Hall–Kier alpha value is -1.20. The van der Waals surface area contributed by atoms with E-state index >= 15 is 0 Å². The molecule has 0 unspecified atom stereocenters. The first-order chi connectivity index (χ1) is 7.04. The second-order valence-corrected chi connectivity index (χ2v) is 4.03. The SMILES string of the molecule is O=C(O)C1(c2cnc(Cl)nc2)CC(O)C1. The molecular weight excluding hydrogens is 220 g/mol. The maximum Gasteiger partial charge on any atom is 0.314 e. The molecule has 6 heteroatoms. The summed E-state index contributed by atoms with van der Waals surface area (Å²) < 4.78 is 0. The molecule has 5 nitrogen and oxygen atoms in total. The van der Waals surface area contributed by atoms with Crippen LogP contribution < -0.4 is 0 Å². The Morgan fingerprint density at radius 2 is 2.00 bits per heavy atom. The third-order valence-corrected chi connectivity index (χ3v) is 2.95. The number of halogens is 1. The van der Waals surface area contributed by atoms with E-state index in [-0.39, 0.29) is 18.1 Å². The van der Waals surface area contributed by atoms with Crippen LogP contribution in [0.3, 0.4) is 0 Å². The lowest BCUT2D eigenvalue weighted by Crippen LogP contribution is -2.50. The highest BCUT2D eigenvalue weighted by molar-refractivity contribution is 6.28. The van der Waals surface area contributed by atoms with Crippen LogP contribution in [-0.4, -0.2) is 32.3 Å². The number of aliphatic carboxylic acids is 1. The van der Waals surface area contributed by atoms with Crippen molar-refractivity contribution in [2.45, 2.75) is 24.4 Å². The highest BCUT2D eigenvalue weighted by atomic mass is 35.5. The van der Waals surface area contributed by atoms with E-state index in [4.69, 9.17) is 16.7 Å². The highest BCUT2D eigenvalue weighted by Gasteiger charge is 2.51. The molecule has 2 N–H and O–H groups in total. The quantitative estimate of drug-likeness (QED) is 0.725. The minimum Gasteiger partial charge on any atom is -0.481 e. The Kier molecular flexibility index (Phi) is 2.36. The van der Waals surface area contributed by atoms with Crippen LogP contribution in [0.25, 0.3) is 0 Å². The van der Waals surface area contributed by atoms with Crippen molar-refractivity contribution in [2.75, 3.05) is 0 Å². The number of hydrogen-bond donors (Lipinski definition) is 2. The lowest BCUT2D eigenvalue weighted by molar-refractivity contribution is -0.153. The van der Waals surface area contributed by atoms with Crippen molar-refractivity contribution in [1.29, 1.82) is 0 Å². The van der Waals surface area contributed by atoms with Gasteiger partial charge in [0.05, 0.1) is 6.10 Å². The molecule has 0 spiro atoms. The van der Waals surface area contributed by atoms with Gasteiger partial charge < -0.3 is 10.2 Å². The average molecular weight is 229 g/mol. The van der Waals surface area contributed by atoms with Crippen LogP contribution >= 0.6 is 11.6 Å². The normalized spacial score (nSPS) is 29.6. The standard InChI is InChI=1S/C9H9ClN2O3/c10-8-11-3-5(4-12-8)9(7(14)15)1-6(13)2-9/h3-4,6,13H,1-2H2,(H,14,15). The van der Waals surface area contributed by atoms with Crippen LogP contribution in [0, 0.1) is 0 Å². The predicted molar refractivity (Wildman–Crippen MR) is 51.6 cm³/mol. The number of hydrogen-bond acceptors (Lipinski definition) is 4.